The summed E-state index contributed by atoms with van der Waals surface area (Å²) in [6.45, 7) is 0. The van der Waals surface area contributed by atoms with Gasteiger partial charge in [0.25, 0.3) is 5.56 Å². The molecular weight excluding hydrogens is 202 g/mol. The number of nitrogens with zero attached hydrogens (tertiary/aromatic N) is 1. The summed E-state index contributed by atoms with van der Waals surface area (Å²) in [7, 11) is 0. The van der Waals surface area contributed by atoms with E-state index in [-0.39, 0.29) is 11.1 Å². The lowest BCUT2D eigenvalue weighted by atomic mass is 10.0. The van der Waals surface area contributed by atoms with Gasteiger partial charge in [0, 0.05) is 5.54 Å². The summed E-state index contributed by atoms with van der Waals surface area (Å²) < 4.78 is 0. The largest absolute Gasteiger partial charge is 0.325 e. The number of hydrogen-bond donors (Lipinski definition) is 2. The molecule has 1 saturated carbocycles. The van der Waals surface area contributed by atoms with Crippen LogP contribution in [-0.2, 0) is 6.42 Å². The molecule has 4 nitrogen and oxygen atoms in total. The van der Waals surface area contributed by atoms with Crippen LogP contribution in [-0.4, -0.2) is 15.5 Å². The van der Waals surface area contributed by atoms with Crippen molar-refractivity contribution in [2.75, 3.05) is 0 Å². The van der Waals surface area contributed by atoms with Crippen molar-refractivity contribution >= 4 is 11.0 Å². The Morgan fingerprint density at radius 3 is 3.00 bits per heavy atom. The van der Waals surface area contributed by atoms with Crippen LogP contribution in [0.15, 0.2) is 29.2 Å². The van der Waals surface area contributed by atoms with Crippen molar-refractivity contribution in [3.63, 3.8) is 0 Å². The molecule has 0 bridgehead atoms. The Hall–Kier alpha value is -1.68. The fourth-order valence-electron chi connectivity index (χ4n) is 1.94. The van der Waals surface area contributed by atoms with Crippen LogP contribution >= 0.6 is 0 Å². The van der Waals surface area contributed by atoms with Crippen LogP contribution < -0.4 is 11.3 Å². The fourth-order valence-corrected chi connectivity index (χ4v) is 1.94. The van der Waals surface area contributed by atoms with Gasteiger partial charge in [-0.05, 0) is 37.0 Å². The minimum Gasteiger partial charge on any atom is -0.325 e. The van der Waals surface area contributed by atoms with Crippen LogP contribution in [0.2, 0.25) is 0 Å². The summed E-state index contributed by atoms with van der Waals surface area (Å²) in [6, 6.07) is 5.90. The molecule has 0 spiro atoms. The monoisotopic (exact) mass is 215 g/mol. The number of rotatable bonds is 2. The van der Waals surface area contributed by atoms with Crippen molar-refractivity contribution in [2.24, 2.45) is 5.73 Å². The van der Waals surface area contributed by atoms with E-state index in [1.54, 1.807) is 0 Å². The van der Waals surface area contributed by atoms with Crippen LogP contribution in [0.1, 0.15) is 18.4 Å². The van der Waals surface area contributed by atoms with Gasteiger partial charge in [-0.3, -0.25) is 4.79 Å². The summed E-state index contributed by atoms with van der Waals surface area (Å²) >= 11 is 0. The summed E-state index contributed by atoms with van der Waals surface area (Å²) in [5.74, 6) is 0. The predicted molar refractivity (Wildman–Crippen MR) is 62.2 cm³/mol. The Morgan fingerprint density at radius 1 is 1.44 bits per heavy atom. The van der Waals surface area contributed by atoms with Crippen LogP contribution in [0, 0.1) is 0 Å². The molecule has 1 heterocycles. The zero-order valence-corrected chi connectivity index (χ0v) is 8.86. The highest BCUT2D eigenvalue weighted by Crippen LogP contribution is 2.35. The molecule has 0 amide bonds. The van der Waals surface area contributed by atoms with E-state index in [0.29, 0.717) is 0 Å². The van der Waals surface area contributed by atoms with E-state index < -0.39 is 0 Å². The first-order chi connectivity index (χ1) is 7.65. The predicted octanol–water partition coefficient (Wildman–Crippen LogP) is 0.957. The van der Waals surface area contributed by atoms with E-state index in [9.17, 15) is 4.79 Å². The minimum atomic E-state index is -0.169. The molecule has 0 saturated heterocycles. The molecule has 2 aromatic rings. The molecule has 3 N–H and O–H groups in total. The van der Waals surface area contributed by atoms with Gasteiger partial charge in [0.2, 0.25) is 0 Å². The van der Waals surface area contributed by atoms with E-state index in [4.69, 9.17) is 5.73 Å². The van der Waals surface area contributed by atoms with Crippen molar-refractivity contribution in [1.82, 2.24) is 9.97 Å². The number of nitrogens with two attached hydrogens (primary N) is 1. The number of nitrogens with one attached hydrogen (secondary N) is 1. The molecule has 4 heteroatoms. The van der Waals surface area contributed by atoms with Gasteiger partial charge in [-0.15, -0.1) is 0 Å². The van der Waals surface area contributed by atoms with Crippen LogP contribution in [0.5, 0.6) is 0 Å². The smallest absolute Gasteiger partial charge is 0.266 e. The van der Waals surface area contributed by atoms with Gasteiger partial charge >= 0.3 is 0 Å². The maximum Gasteiger partial charge on any atom is 0.266 e. The lowest BCUT2D eigenvalue weighted by molar-refractivity contribution is 0.672. The summed E-state index contributed by atoms with van der Waals surface area (Å²) in [5, 5.41) is 0. The van der Waals surface area contributed by atoms with E-state index >= 15 is 0 Å². The zero-order valence-electron chi connectivity index (χ0n) is 8.86. The van der Waals surface area contributed by atoms with Gasteiger partial charge in [0.15, 0.2) is 0 Å². The average molecular weight is 215 g/mol. The van der Waals surface area contributed by atoms with Crippen LogP contribution in [0.25, 0.3) is 11.0 Å². The fraction of sp³-hybridized carbons (Fsp3) is 0.333. The molecule has 1 aliphatic rings. The third-order valence-corrected chi connectivity index (χ3v) is 3.09. The standard InChI is InChI=1S/C12H13N3O/c13-12(3-4-12)6-8-1-2-9-10(5-8)14-7-11(16)15-9/h1-2,5,7H,3-4,6,13H2,(H,15,16). The van der Waals surface area contributed by atoms with Gasteiger partial charge in [-0.2, -0.15) is 0 Å². The van der Waals surface area contributed by atoms with Gasteiger partial charge in [0.05, 0.1) is 17.2 Å². The highest BCUT2D eigenvalue weighted by Gasteiger charge is 2.37. The van der Waals surface area contributed by atoms with Crippen molar-refractivity contribution < 1.29 is 0 Å². The number of aromatic nitrogens is 2. The molecule has 0 atom stereocenters. The zero-order chi connectivity index (χ0) is 11.2. The topological polar surface area (TPSA) is 71.8 Å². The lowest BCUT2D eigenvalue weighted by Gasteiger charge is -2.08. The molecular formula is C12H13N3O. The molecule has 1 aromatic carbocycles. The maximum atomic E-state index is 11.1. The first-order valence-electron chi connectivity index (χ1n) is 5.42. The van der Waals surface area contributed by atoms with E-state index in [1.807, 2.05) is 18.2 Å². The third-order valence-electron chi connectivity index (χ3n) is 3.09. The normalized spacial score (nSPS) is 17.6. The number of fused-ring (bicyclic) bond motifs is 1. The third kappa shape index (κ3) is 1.72. The Labute approximate surface area is 92.5 Å². The maximum absolute atomic E-state index is 11.1. The van der Waals surface area contributed by atoms with Gasteiger partial charge in [-0.1, -0.05) is 6.07 Å². The van der Waals surface area contributed by atoms with Crippen molar-refractivity contribution in [2.45, 2.75) is 24.8 Å². The molecule has 1 aromatic heterocycles. The molecule has 3 rings (SSSR count). The van der Waals surface area contributed by atoms with E-state index in [0.717, 1.165) is 30.3 Å². The van der Waals surface area contributed by atoms with Crippen LogP contribution in [0.3, 0.4) is 0 Å². The number of benzene rings is 1. The number of H-pyrrole nitrogens is 1. The van der Waals surface area contributed by atoms with Crippen molar-refractivity contribution in [3.05, 3.63) is 40.3 Å². The summed E-state index contributed by atoms with van der Waals surface area (Å²) in [5.41, 5.74) is 8.69. The van der Waals surface area contributed by atoms with Crippen LogP contribution in [0.4, 0.5) is 0 Å². The molecule has 0 aliphatic heterocycles. The van der Waals surface area contributed by atoms with E-state index in [2.05, 4.69) is 9.97 Å². The average Bonchev–Trinajstić information content (AvgIpc) is 2.96. The lowest BCUT2D eigenvalue weighted by Crippen LogP contribution is -2.24. The molecule has 16 heavy (non-hydrogen) atoms. The molecule has 0 radical (unpaired) electrons. The molecule has 1 fully saturated rings. The minimum absolute atomic E-state index is 0.00979. The second-order valence-corrected chi connectivity index (χ2v) is 4.64. The van der Waals surface area contributed by atoms with Crippen molar-refractivity contribution in [1.29, 1.82) is 0 Å². The number of hydrogen-bond acceptors (Lipinski definition) is 3. The van der Waals surface area contributed by atoms with Gasteiger partial charge < -0.3 is 10.7 Å². The van der Waals surface area contributed by atoms with E-state index in [1.165, 1.54) is 11.8 Å². The second kappa shape index (κ2) is 3.15. The Kier molecular flexibility index (Phi) is 1.88. The highest BCUT2D eigenvalue weighted by atomic mass is 16.1. The van der Waals surface area contributed by atoms with Gasteiger partial charge in [0.1, 0.15) is 0 Å². The second-order valence-electron chi connectivity index (χ2n) is 4.64. The summed E-state index contributed by atoms with van der Waals surface area (Å²) in [6.07, 6.45) is 4.40. The molecule has 0 unspecified atom stereocenters. The quantitative estimate of drug-likeness (QED) is 0.783. The van der Waals surface area contributed by atoms with Crippen molar-refractivity contribution in [3.8, 4) is 0 Å². The SMILES string of the molecule is NC1(Cc2ccc3[nH]c(=O)cnc3c2)CC1. The Morgan fingerprint density at radius 2 is 2.25 bits per heavy atom. The Balaban J connectivity index is 2.02. The summed E-state index contributed by atoms with van der Waals surface area (Å²) in [4.78, 5) is 17.9. The first kappa shape index (κ1) is 9.54. The number of aromatic amines is 1. The first-order valence-corrected chi connectivity index (χ1v) is 5.42. The Bertz CT molecular complexity index is 598. The molecule has 82 valence electrons. The molecule has 1 aliphatic carbocycles. The van der Waals surface area contributed by atoms with Gasteiger partial charge in [-0.25, -0.2) is 4.98 Å². The highest BCUT2D eigenvalue weighted by molar-refractivity contribution is 5.74.